The van der Waals surface area contributed by atoms with Gasteiger partial charge in [-0.1, -0.05) is 115 Å². The Hall–Kier alpha value is -7.10. The lowest BCUT2D eigenvalue weighted by Gasteiger charge is -2.26. The molecule has 0 aliphatic carbocycles. The standard InChI is InChI=1S/C50H31NO2/c1-3-9-32(10-4-1)33-15-17-34(18-16-33)36-22-25-42-46-31-44-37(28-50(46)53-49(42)27-36)20-19-35-21-23-39(29-43(35)44)51(38-11-5-2-6-12-38)40-24-26-48-45(30-40)41-13-7-8-14-47(41)52-48/h1-31H. The summed E-state index contributed by atoms with van der Waals surface area (Å²) in [5.74, 6) is 0. The fraction of sp³-hybridized carbons (Fsp3) is 0. The molecule has 0 aliphatic heterocycles. The number of rotatable bonds is 5. The number of fused-ring (bicyclic) bond motifs is 9. The highest BCUT2D eigenvalue weighted by molar-refractivity contribution is 6.17. The summed E-state index contributed by atoms with van der Waals surface area (Å²) >= 11 is 0. The molecule has 0 aliphatic rings. The molecule has 2 aromatic heterocycles. The second kappa shape index (κ2) is 11.7. The van der Waals surface area contributed by atoms with Crippen LogP contribution in [-0.2, 0) is 0 Å². The van der Waals surface area contributed by atoms with Crippen LogP contribution in [0.4, 0.5) is 17.1 Å². The lowest BCUT2D eigenvalue weighted by atomic mass is 9.97. The van der Waals surface area contributed by atoms with Crippen LogP contribution < -0.4 is 4.90 Å². The average Bonchev–Trinajstić information content (AvgIpc) is 3.78. The first-order valence-corrected chi connectivity index (χ1v) is 18.0. The highest BCUT2D eigenvalue weighted by Gasteiger charge is 2.17. The van der Waals surface area contributed by atoms with Crippen LogP contribution in [0.1, 0.15) is 0 Å². The van der Waals surface area contributed by atoms with E-state index in [1.54, 1.807) is 0 Å². The molecule has 0 N–H and O–H groups in total. The molecule has 0 bridgehead atoms. The number of hydrogen-bond donors (Lipinski definition) is 0. The number of benzene rings is 9. The Morgan fingerprint density at radius 3 is 1.62 bits per heavy atom. The summed E-state index contributed by atoms with van der Waals surface area (Å²) in [6, 6.07) is 66.9. The first kappa shape index (κ1) is 29.6. The average molecular weight is 678 g/mol. The maximum atomic E-state index is 6.55. The van der Waals surface area contributed by atoms with Gasteiger partial charge in [0.05, 0.1) is 0 Å². The molecular weight excluding hydrogens is 647 g/mol. The summed E-state index contributed by atoms with van der Waals surface area (Å²) in [5, 5.41) is 9.19. The van der Waals surface area contributed by atoms with Crippen LogP contribution in [0.3, 0.4) is 0 Å². The van der Waals surface area contributed by atoms with Crippen molar-refractivity contribution < 1.29 is 8.83 Å². The Labute approximate surface area is 305 Å². The molecule has 0 spiro atoms. The zero-order valence-electron chi connectivity index (χ0n) is 28.7. The Kier molecular flexibility index (Phi) is 6.55. The van der Waals surface area contributed by atoms with E-state index in [-0.39, 0.29) is 0 Å². The van der Waals surface area contributed by atoms with E-state index in [0.29, 0.717) is 0 Å². The van der Waals surface area contributed by atoms with Crippen molar-refractivity contribution in [3.05, 3.63) is 188 Å². The van der Waals surface area contributed by atoms with Crippen LogP contribution in [0, 0.1) is 0 Å². The van der Waals surface area contributed by atoms with E-state index in [4.69, 9.17) is 8.83 Å². The van der Waals surface area contributed by atoms with Crippen LogP contribution in [0.2, 0.25) is 0 Å². The Morgan fingerprint density at radius 2 is 0.792 bits per heavy atom. The fourth-order valence-electron chi connectivity index (χ4n) is 7.99. The topological polar surface area (TPSA) is 29.5 Å². The molecule has 11 aromatic rings. The van der Waals surface area contributed by atoms with Gasteiger partial charge in [-0.2, -0.15) is 0 Å². The van der Waals surface area contributed by atoms with Gasteiger partial charge in [0.1, 0.15) is 22.3 Å². The van der Waals surface area contributed by atoms with Gasteiger partial charge in [-0.3, -0.25) is 0 Å². The zero-order valence-corrected chi connectivity index (χ0v) is 28.7. The van der Waals surface area contributed by atoms with E-state index in [1.807, 2.05) is 12.1 Å². The van der Waals surface area contributed by atoms with E-state index in [1.165, 1.54) is 32.8 Å². The minimum atomic E-state index is 0.886. The molecule has 0 atom stereocenters. The lowest BCUT2D eigenvalue weighted by molar-refractivity contribution is 0.669. The van der Waals surface area contributed by atoms with Gasteiger partial charge >= 0.3 is 0 Å². The largest absolute Gasteiger partial charge is 0.456 e. The molecule has 248 valence electrons. The highest BCUT2D eigenvalue weighted by Crippen LogP contribution is 2.42. The summed E-state index contributed by atoms with van der Waals surface area (Å²) in [5.41, 5.74) is 11.5. The van der Waals surface area contributed by atoms with Crippen LogP contribution in [0.5, 0.6) is 0 Å². The first-order chi connectivity index (χ1) is 26.2. The molecule has 0 unspecified atom stereocenters. The minimum absolute atomic E-state index is 0.886. The van der Waals surface area contributed by atoms with Crippen LogP contribution in [0.15, 0.2) is 197 Å². The van der Waals surface area contributed by atoms with E-state index in [9.17, 15) is 0 Å². The van der Waals surface area contributed by atoms with E-state index in [0.717, 1.165) is 71.9 Å². The Morgan fingerprint density at radius 1 is 0.264 bits per heavy atom. The quantitative estimate of drug-likeness (QED) is 0.170. The Bertz CT molecular complexity index is 3160. The van der Waals surface area contributed by atoms with Gasteiger partial charge < -0.3 is 13.7 Å². The van der Waals surface area contributed by atoms with Gasteiger partial charge in [0.15, 0.2) is 0 Å². The fourth-order valence-corrected chi connectivity index (χ4v) is 7.99. The van der Waals surface area contributed by atoms with Gasteiger partial charge in [0, 0.05) is 38.6 Å². The third kappa shape index (κ3) is 4.90. The van der Waals surface area contributed by atoms with Crippen LogP contribution in [-0.4, -0.2) is 0 Å². The second-order valence-corrected chi connectivity index (χ2v) is 13.7. The number of anilines is 3. The van der Waals surface area contributed by atoms with Gasteiger partial charge in [-0.25, -0.2) is 0 Å². The molecule has 0 saturated carbocycles. The summed E-state index contributed by atoms with van der Waals surface area (Å²) < 4.78 is 12.7. The van der Waals surface area contributed by atoms with Crippen molar-refractivity contribution in [2.24, 2.45) is 0 Å². The number of furan rings is 2. The van der Waals surface area contributed by atoms with Gasteiger partial charge in [-0.15, -0.1) is 0 Å². The molecular formula is C50H31NO2. The maximum Gasteiger partial charge on any atom is 0.136 e. The summed E-state index contributed by atoms with van der Waals surface area (Å²) in [6.45, 7) is 0. The predicted octanol–water partition coefficient (Wildman–Crippen LogP) is 14.6. The third-order valence-corrected chi connectivity index (χ3v) is 10.6. The smallest absolute Gasteiger partial charge is 0.136 e. The highest BCUT2D eigenvalue weighted by atomic mass is 16.3. The summed E-state index contributed by atoms with van der Waals surface area (Å²) in [6.07, 6.45) is 0. The van der Waals surface area contributed by atoms with Crippen molar-refractivity contribution in [2.45, 2.75) is 0 Å². The summed E-state index contributed by atoms with van der Waals surface area (Å²) in [4.78, 5) is 2.33. The zero-order chi connectivity index (χ0) is 34.9. The normalized spacial score (nSPS) is 11.8. The van der Waals surface area contributed by atoms with Crippen molar-refractivity contribution in [3.63, 3.8) is 0 Å². The van der Waals surface area contributed by atoms with Crippen molar-refractivity contribution in [1.29, 1.82) is 0 Å². The van der Waals surface area contributed by atoms with Crippen molar-refractivity contribution >= 4 is 82.5 Å². The van der Waals surface area contributed by atoms with Crippen LogP contribution >= 0.6 is 0 Å². The molecule has 3 heteroatoms. The Balaban J connectivity index is 1.04. The summed E-state index contributed by atoms with van der Waals surface area (Å²) in [7, 11) is 0. The number of hydrogen-bond acceptors (Lipinski definition) is 3. The molecule has 3 nitrogen and oxygen atoms in total. The van der Waals surface area contributed by atoms with Gasteiger partial charge in [0.2, 0.25) is 0 Å². The third-order valence-electron chi connectivity index (χ3n) is 10.6. The molecule has 11 rings (SSSR count). The van der Waals surface area contributed by atoms with Crippen molar-refractivity contribution in [3.8, 4) is 22.3 Å². The van der Waals surface area contributed by atoms with Gasteiger partial charge in [-0.05, 0) is 117 Å². The first-order valence-electron chi connectivity index (χ1n) is 18.0. The van der Waals surface area contributed by atoms with Crippen molar-refractivity contribution in [2.75, 3.05) is 4.90 Å². The molecule has 0 amide bonds. The van der Waals surface area contributed by atoms with Gasteiger partial charge in [0.25, 0.3) is 0 Å². The molecule has 0 radical (unpaired) electrons. The van der Waals surface area contributed by atoms with E-state index < -0.39 is 0 Å². The predicted molar refractivity (Wildman–Crippen MR) is 222 cm³/mol. The minimum Gasteiger partial charge on any atom is -0.456 e. The molecule has 0 fully saturated rings. The monoisotopic (exact) mass is 677 g/mol. The van der Waals surface area contributed by atoms with E-state index >= 15 is 0 Å². The molecule has 53 heavy (non-hydrogen) atoms. The lowest BCUT2D eigenvalue weighted by Crippen LogP contribution is -2.09. The van der Waals surface area contributed by atoms with E-state index in [2.05, 4.69) is 181 Å². The van der Waals surface area contributed by atoms with Crippen molar-refractivity contribution in [1.82, 2.24) is 0 Å². The molecule has 9 aromatic carbocycles. The molecule has 0 saturated heterocycles. The maximum absolute atomic E-state index is 6.55. The SMILES string of the molecule is c1ccc(-c2ccc(-c3ccc4c(c3)oc3cc5ccc6ccc(N(c7ccccc7)c7ccc8oc9ccccc9c8c7)cc6c5cc34)cc2)cc1. The molecule has 2 heterocycles. The number of para-hydroxylation sites is 2. The second-order valence-electron chi connectivity index (χ2n) is 13.7. The van der Waals surface area contributed by atoms with Crippen LogP contribution in [0.25, 0.3) is 87.7 Å². The number of nitrogens with zero attached hydrogens (tertiary/aromatic N) is 1.